The predicted octanol–water partition coefficient (Wildman–Crippen LogP) is 6.82. The molecular weight excluding hydrogens is 948 g/mol. The van der Waals surface area contributed by atoms with Crippen molar-refractivity contribution in [1.82, 2.24) is 37.9 Å². The molecule has 0 N–H and O–H groups in total. The largest absolute Gasteiger partial charge is 0.586 e. The number of allylic oxidation sites excluding steroid dienone is 2. The Hall–Kier alpha value is -6.75. The van der Waals surface area contributed by atoms with Crippen molar-refractivity contribution in [2.45, 2.75) is 80.3 Å². The van der Waals surface area contributed by atoms with Crippen LogP contribution in [0, 0.1) is 12.7 Å². The lowest BCUT2D eigenvalue weighted by molar-refractivity contribution is -0.286. The van der Waals surface area contributed by atoms with Gasteiger partial charge in [-0.25, -0.2) is 41.2 Å². The maximum absolute atomic E-state index is 15.1. The number of ether oxygens (including phenoxy) is 2. The van der Waals surface area contributed by atoms with Crippen LogP contribution in [0.2, 0.25) is 0 Å². The van der Waals surface area contributed by atoms with Gasteiger partial charge in [-0.3, -0.25) is 9.98 Å². The molecule has 5 aromatic rings. The Kier molecular flexibility index (Phi) is 11.5. The van der Waals surface area contributed by atoms with E-state index in [9.17, 15) is 25.6 Å². The lowest BCUT2D eigenvalue weighted by Crippen LogP contribution is -2.49. The van der Waals surface area contributed by atoms with Crippen LogP contribution in [0.25, 0.3) is 22.6 Å². The van der Waals surface area contributed by atoms with Gasteiger partial charge in [-0.1, -0.05) is 12.1 Å². The number of pyridine rings is 2. The molecule has 0 spiro atoms. The summed E-state index contributed by atoms with van der Waals surface area (Å²) in [7, 11) is -7.89. The molecule has 2 aromatic carbocycles. The predicted molar refractivity (Wildman–Crippen MR) is 254 cm³/mol. The normalized spacial score (nSPS) is 22.0. The lowest BCUT2D eigenvalue weighted by Gasteiger charge is -2.40. The molecule has 1 atom stereocenters. The van der Waals surface area contributed by atoms with Crippen molar-refractivity contribution in [3.8, 4) is 22.9 Å². The van der Waals surface area contributed by atoms with Crippen LogP contribution in [0.15, 0.2) is 134 Å². The first-order valence-electron chi connectivity index (χ1n) is 22.9. The van der Waals surface area contributed by atoms with Crippen molar-refractivity contribution < 1.29 is 39.5 Å². The summed E-state index contributed by atoms with van der Waals surface area (Å²) in [5.41, 5.74) is 5.62. The van der Waals surface area contributed by atoms with Crippen LogP contribution in [-0.2, 0) is 26.5 Å². The van der Waals surface area contributed by atoms with Gasteiger partial charge in [0, 0.05) is 74.7 Å². The van der Waals surface area contributed by atoms with Crippen molar-refractivity contribution in [3.63, 3.8) is 0 Å². The van der Waals surface area contributed by atoms with E-state index in [0.29, 0.717) is 67.0 Å². The number of alkyl halides is 2. The molecule has 70 heavy (non-hydrogen) atoms. The number of hydrogen-bond donors (Lipinski definition) is 0. The molecule has 362 valence electrons. The maximum Gasteiger partial charge on any atom is 0.586 e. The van der Waals surface area contributed by atoms with E-state index in [1.165, 1.54) is 26.9 Å². The fourth-order valence-corrected chi connectivity index (χ4v) is 12.8. The Labute approximate surface area is 401 Å². The minimum Gasteiger partial charge on any atom is -0.395 e. The fourth-order valence-electron chi connectivity index (χ4n) is 9.85. The Morgan fingerprint density at radius 3 is 2.23 bits per heavy atom. The van der Waals surface area contributed by atoms with E-state index in [0.717, 1.165) is 40.6 Å². The van der Waals surface area contributed by atoms with Crippen LogP contribution >= 0.6 is 0 Å². The molecule has 0 saturated carbocycles. The van der Waals surface area contributed by atoms with Gasteiger partial charge in [-0.2, -0.15) is 8.61 Å². The third-order valence-electron chi connectivity index (χ3n) is 13.4. The number of rotatable bonds is 10. The summed E-state index contributed by atoms with van der Waals surface area (Å²) in [6.45, 7) is 5.12. The standard InChI is InChI=1S/C48H46F3N11O6S2/c1-30-3-10-39-45(54-30)61(44(56-39)37-13-20-52-28-38(37)49)33-16-23-59(24-17-33)69(63,64)35-7-5-32(6-8-35)15-22-58-29-53-21-14-41(58)47-57-40-11-4-31(2)55-46(40)62(47)34-18-25-60(26-19-34)70(65,66)36-9-12-42-43(27-36)68-48(50,51)67-42/h3-14,20-21,27-29,33-34,46H,15-19,22-26H2,1-2H3. The smallest absolute Gasteiger partial charge is 0.395 e. The average molecular weight is 994 g/mol. The summed E-state index contributed by atoms with van der Waals surface area (Å²) in [6, 6.07) is 15.4. The zero-order chi connectivity index (χ0) is 48.5. The molecule has 6 aliphatic rings. The molecule has 0 aliphatic carbocycles. The highest BCUT2D eigenvalue weighted by Gasteiger charge is 2.45. The first-order chi connectivity index (χ1) is 33.6. The number of imidazole rings is 1. The SMILES string of the molecule is CC1=NC2C(=NC(=C3C=CN=CN3CCc3ccc(S(=O)(=O)N4CCC(n5c(-c6ccncc6F)nc6ccc(C)nc65)CC4)cc3)N2C2CCN(S(=O)(=O)c3ccc4c(c3)OC(F)(F)O4)CC2)C=C1. The average Bonchev–Trinajstić information content (AvgIpc) is 4.02. The number of halogens is 3. The highest BCUT2D eigenvalue weighted by atomic mass is 32.2. The topological polar surface area (TPSA) is 180 Å². The second kappa shape index (κ2) is 17.6. The first kappa shape index (κ1) is 45.7. The van der Waals surface area contributed by atoms with E-state index in [4.69, 9.17) is 20.0 Å². The van der Waals surface area contributed by atoms with E-state index in [1.54, 1.807) is 30.7 Å². The van der Waals surface area contributed by atoms with E-state index >= 15 is 4.39 Å². The van der Waals surface area contributed by atoms with Gasteiger partial charge in [-0.05, 0) is 112 Å². The van der Waals surface area contributed by atoms with Gasteiger partial charge in [0.2, 0.25) is 20.0 Å². The van der Waals surface area contributed by atoms with E-state index in [1.807, 2.05) is 65.8 Å². The van der Waals surface area contributed by atoms with Crippen molar-refractivity contribution in [2.24, 2.45) is 15.0 Å². The van der Waals surface area contributed by atoms with Gasteiger partial charge in [-0.15, -0.1) is 8.78 Å². The van der Waals surface area contributed by atoms with E-state index < -0.39 is 38.3 Å². The molecule has 1 unspecified atom stereocenters. The number of benzene rings is 2. The number of hydrogen-bond acceptors (Lipinski definition) is 14. The van der Waals surface area contributed by atoms with Crippen LogP contribution in [0.5, 0.6) is 11.5 Å². The van der Waals surface area contributed by atoms with Gasteiger partial charge in [0.1, 0.15) is 11.3 Å². The molecule has 0 radical (unpaired) electrons. The number of dihydropyridines is 1. The minimum absolute atomic E-state index is 0.158. The molecule has 17 nitrogen and oxygen atoms in total. The molecule has 0 amide bonds. The van der Waals surface area contributed by atoms with Crippen molar-refractivity contribution in [1.29, 1.82) is 0 Å². The van der Waals surface area contributed by atoms with Crippen LogP contribution < -0.4 is 9.47 Å². The Balaban J connectivity index is 0.769. The summed E-state index contributed by atoms with van der Waals surface area (Å²) in [5.74, 6) is 0.0232. The summed E-state index contributed by atoms with van der Waals surface area (Å²) in [6.07, 6.45) is 9.91. The van der Waals surface area contributed by atoms with Gasteiger partial charge >= 0.3 is 6.29 Å². The minimum atomic E-state index is -4.05. The molecule has 6 aliphatic heterocycles. The van der Waals surface area contributed by atoms with E-state index in [-0.39, 0.29) is 59.6 Å². The number of aromatic nitrogens is 4. The number of sulfonamides is 2. The number of nitrogens with zero attached hydrogens (tertiary/aromatic N) is 11. The zero-order valence-corrected chi connectivity index (χ0v) is 39.6. The quantitative estimate of drug-likeness (QED) is 0.143. The molecule has 3 aromatic heterocycles. The fraction of sp³-hybridized carbons (Fsp3) is 0.333. The van der Waals surface area contributed by atoms with E-state index in [2.05, 4.69) is 24.4 Å². The monoisotopic (exact) mass is 993 g/mol. The second-order valence-electron chi connectivity index (χ2n) is 17.8. The third kappa shape index (κ3) is 8.34. The van der Waals surface area contributed by atoms with Crippen molar-refractivity contribution >= 4 is 49.0 Å². The first-order valence-corrected chi connectivity index (χ1v) is 25.8. The molecule has 9 heterocycles. The molecule has 11 rings (SSSR count). The summed E-state index contributed by atoms with van der Waals surface area (Å²) >= 11 is 0. The third-order valence-corrected chi connectivity index (χ3v) is 17.2. The van der Waals surface area contributed by atoms with Gasteiger partial charge < -0.3 is 23.8 Å². The Bertz CT molecular complexity index is 3340. The maximum atomic E-state index is 15.1. The van der Waals surface area contributed by atoms with Gasteiger partial charge in [0.25, 0.3) is 0 Å². The summed E-state index contributed by atoms with van der Waals surface area (Å²) in [4.78, 5) is 32.0. The Morgan fingerprint density at radius 2 is 1.49 bits per heavy atom. The second-order valence-corrected chi connectivity index (χ2v) is 21.7. The molecular formula is C48H46F3N11O6S2. The number of aryl methyl sites for hydroxylation is 1. The van der Waals surface area contributed by atoms with Crippen LogP contribution in [0.3, 0.4) is 0 Å². The molecule has 2 saturated heterocycles. The highest BCUT2D eigenvalue weighted by Crippen LogP contribution is 2.43. The summed E-state index contributed by atoms with van der Waals surface area (Å²) in [5, 5.41) is 0. The van der Waals surface area contributed by atoms with Crippen molar-refractivity contribution in [2.75, 3.05) is 32.7 Å². The van der Waals surface area contributed by atoms with Gasteiger partial charge in [0.15, 0.2) is 35.0 Å². The van der Waals surface area contributed by atoms with Crippen molar-refractivity contribution in [3.05, 3.63) is 126 Å². The van der Waals surface area contributed by atoms with Crippen LogP contribution in [0.1, 0.15) is 49.9 Å². The zero-order valence-electron chi connectivity index (χ0n) is 37.9. The number of fused-ring (bicyclic) bond motifs is 3. The highest BCUT2D eigenvalue weighted by molar-refractivity contribution is 7.89. The number of aliphatic imine (C=N–C) groups is 3. The van der Waals surface area contributed by atoms with Crippen LogP contribution in [0.4, 0.5) is 13.2 Å². The molecule has 22 heteroatoms. The summed E-state index contributed by atoms with van der Waals surface area (Å²) < 4.78 is 112. The Morgan fingerprint density at radius 1 is 0.786 bits per heavy atom. The molecule has 2 fully saturated rings. The lowest BCUT2D eigenvalue weighted by atomic mass is 10.0. The number of piperidine rings is 2. The van der Waals surface area contributed by atoms with Crippen LogP contribution in [-0.4, -0.2) is 124 Å². The molecule has 0 bridgehead atoms. The van der Waals surface area contributed by atoms with Gasteiger partial charge in [0.05, 0.1) is 39.3 Å².